The number of halogens is 1. The fraction of sp³-hybridized carbons (Fsp3) is 0.167. The van der Waals surface area contributed by atoms with Gasteiger partial charge in [0.1, 0.15) is 11.5 Å². The molecule has 3 nitrogen and oxygen atoms in total. The average molecular weight is 328 g/mol. The van der Waals surface area contributed by atoms with Gasteiger partial charge in [0.2, 0.25) is 0 Å². The Bertz CT molecular complexity index is 878. The molecule has 0 atom stereocenters. The van der Waals surface area contributed by atoms with Crippen LogP contribution in [0.4, 0.5) is 4.39 Å². The van der Waals surface area contributed by atoms with Gasteiger partial charge in [0.25, 0.3) is 5.91 Å². The third kappa shape index (κ3) is 3.35. The summed E-state index contributed by atoms with van der Waals surface area (Å²) in [5, 5.41) is 4.86. The van der Waals surface area contributed by atoms with Crippen LogP contribution < -0.4 is 5.32 Å². The predicted molar refractivity (Wildman–Crippen MR) is 92.2 cm³/mol. The molecule has 1 aromatic carbocycles. The first-order chi connectivity index (χ1) is 11.0. The van der Waals surface area contributed by atoms with Crippen molar-refractivity contribution in [1.29, 1.82) is 0 Å². The number of carbonyl (C=O) groups excluding carboxylic acids is 1. The monoisotopic (exact) mass is 328 g/mol. The van der Waals surface area contributed by atoms with Gasteiger partial charge < -0.3 is 9.88 Å². The average Bonchev–Trinajstić information content (AvgIpc) is 3.07. The Balaban J connectivity index is 1.82. The predicted octanol–water partition coefficient (Wildman–Crippen LogP) is 4.35. The first-order valence-electron chi connectivity index (χ1n) is 7.28. The summed E-state index contributed by atoms with van der Waals surface area (Å²) in [5.74, 6) is -0.471. The number of benzene rings is 1. The van der Waals surface area contributed by atoms with E-state index in [0.29, 0.717) is 18.8 Å². The summed E-state index contributed by atoms with van der Waals surface area (Å²) in [7, 11) is 0. The Kier molecular flexibility index (Phi) is 4.30. The molecule has 1 amide bonds. The van der Waals surface area contributed by atoms with Crippen LogP contribution in [0, 0.1) is 5.82 Å². The van der Waals surface area contributed by atoms with Crippen LogP contribution in [0.15, 0.2) is 53.9 Å². The molecule has 23 heavy (non-hydrogen) atoms. The molecule has 0 aliphatic heterocycles. The minimum Gasteiger partial charge on any atom is -0.347 e. The molecule has 1 N–H and O–H groups in total. The van der Waals surface area contributed by atoms with Gasteiger partial charge in [-0.3, -0.25) is 4.79 Å². The molecule has 3 aromatic rings. The maximum absolute atomic E-state index is 13.2. The van der Waals surface area contributed by atoms with Crippen molar-refractivity contribution >= 4 is 27.5 Å². The Morgan fingerprint density at radius 3 is 2.91 bits per heavy atom. The number of nitrogens with one attached hydrogen (secondary N) is 1. The highest BCUT2D eigenvalue weighted by Gasteiger charge is 2.16. The summed E-state index contributed by atoms with van der Waals surface area (Å²) in [5.41, 5.74) is 3.35. The smallest absolute Gasteiger partial charge is 0.268 e. The van der Waals surface area contributed by atoms with Gasteiger partial charge in [-0.1, -0.05) is 24.3 Å². The van der Waals surface area contributed by atoms with E-state index in [1.54, 1.807) is 23.5 Å². The van der Waals surface area contributed by atoms with Gasteiger partial charge in [0.15, 0.2) is 0 Å². The maximum atomic E-state index is 13.2. The van der Waals surface area contributed by atoms with Crippen LogP contribution in [-0.4, -0.2) is 10.5 Å². The van der Waals surface area contributed by atoms with E-state index >= 15 is 0 Å². The fourth-order valence-electron chi connectivity index (χ4n) is 2.53. The first-order valence-corrected chi connectivity index (χ1v) is 8.16. The van der Waals surface area contributed by atoms with Crippen LogP contribution in [0.25, 0.3) is 10.2 Å². The van der Waals surface area contributed by atoms with Crippen molar-refractivity contribution in [1.82, 2.24) is 9.88 Å². The second-order valence-corrected chi connectivity index (χ2v) is 6.50. The van der Waals surface area contributed by atoms with Crippen molar-refractivity contribution in [3.8, 4) is 0 Å². The van der Waals surface area contributed by atoms with Gasteiger partial charge in [0.05, 0.1) is 10.2 Å². The minimum absolute atomic E-state index is 0.168. The number of fused-ring (bicyclic) bond motifs is 1. The maximum Gasteiger partial charge on any atom is 0.268 e. The topological polar surface area (TPSA) is 34.0 Å². The van der Waals surface area contributed by atoms with Crippen LogP contribution in [0.5, 0.6) is 0 Å². The standard InChI is InChI=1S/C18H17FN2OS/c1-12(2)11-21-15-6-7-23-17(15)9-16(21)18(22)20-10-13-4-3-5-14(19)8-13/h3-9H,1,10-11H2,2H3,(H,20,22). The van der Waals surface area contributed by atoms with Crippen molar-refractivity contribution in [2.75, 3.05) is 0 Å². The molecule has 0 fully saturated rings. The van der Waals surface area contributed by atoms with E-state index in [9.17, 15) is 9.18 Å². The first kappa shape index (κ1) is 15.5. The molecular weight excluding hydrogens is 311 g/mol. The lowest BCUT2D eigenvalue weighted by Crippen LogP contribution is -2.25. The van der Waals surface area contributed by atoms with Crippen molar-refractivity contribution in [2.45, 2.75) is 20.0 Å². The molecule has 0 aliphatic rings. The van der Waals surface area contributed by atoms with Gasteiger partial charge in [0, 0.05) is 13.1 Å². The highest BCUT2D eigenvalue weighted by molar-refractivity contribution is 7.17. The highest BCUT2D eigenvalue weighted by Crippen LogP contribution is 2.26. The van der Waals surface area contributed by atoms with Crippen molar-refractivity contribution in [2.24, 2.45) is 0 Å². The summed E-state index contributed by atoms with van der Waals surface area (Å²) in [4.78, 5) is 12.5. The van der Waals surface area contributed by atoms with E-state index in [0.717, 1.165) is 21.4 Å². The molecule has 5 heteroatoms. The van der Waals surface area contributed by atoms with Crippen molar-refractivity contribution in [3.05, 3.63) is 71.0 Å². The number of rotatable bonds is 5. The van der Waals surface area contributed by atoms with Crippen molar-refractivity contribution in [3.63, 3.8) is 0 Å². The Morgan fingerprint density at radius 2 is 2.17 bits per heavy atom. The molecule has 0 unspecified atom stereocenters. The molecular formula is C18H17FN2OS. The normalized spacial score (nSPS) is 10.9. The molecule has 0 saturated heterocycles. The van der Waals surface area contributed by atoms with E-state index in [1.165, 1.54) is 12.1 Å². The number of nitrogens with zero attached hydrogens (tertiary/aromatic N) is 1. The Hall–Kier alpha value is -2.40. The lowest BCUT2D eigenvalue weighted by atomic mass is 10.2. The Morgan fingerprint density at radius 1 is 1.35 bits per heavy atom. The lowest BCUT2D eigenvalue weighted by Gasteiger charge is -2.11. The molecule has 2 aromatic heterocycles. The van der Waals surface area contributed by atoms with Gasteiger partial charge in [-0.25, -0.2) is 4.39 Å². The summed E-state index contributed by atoms with van der Waals surface area (Å²) in [6, 6.07) is 10.1. The number of hydrogen-bond acceptors (Lipinski definition) is 2. The van der Waals surface area contributed by atoms with E-state index in [2.05, 4.69) is 11.9 Å². The van der Waals surface area contributed by atoms with Gasteiger partial charge in [-0.2, -0.15) is 0 Å². The number of amides is 1. The van der Waals surface area contributed by atoms with Gasteiger partial charge in [-0.15, -0.1) is 11.3 Å². The molecule has 0 spiro atoms. The third-order valence-corrected chi connectivity index (χ3v) is 4.38. The van der Waals surface area contributed by atoms with E-state index in [1.807, 2.05) is 29.0 Å². The fourth-order valence-corrected chi connectivity index (χ4v) is 3.35. The molecule has 118 valence electrons. The zero-order chi connectivity index (χ0) is 16.4. The summed E-state index contributed by atoms with van der Waals surface area (Å²) < 4.78 is 16.2. The molecule has 0 saturated carbocycles. The highest BCUT2D eigenvalue weighted by atomic mass is 32.1. The zero-order valence-electron chi connectivity index (χ0n) is 12.8. The SMILES string of the molecule is C=C(C)Cn1c(C(=O)NCc2cccc(F)c2)cc2sccc21. The van der Waals surface area contributed by atoms with Gasteiger partial charge >= 0.3 is 0 Å². The van der Waals surface area contributed by atoms with Crippen LogP contribution in [0.2, 0.25) is 0 Å². The molecule has 0 radical (unpaired) electrons. The van der Waals surface area contributed by atoms with E-state index in [-0.39, 0.29) is 11.7 Å². The van der Waals surface area contributed by atoms with Crippen LogP contribution >= 0.6 is 11.3 Å². The number of hydrogen-bond donors (Lipinski definition) is 1. The molecule has 2 heterocycles. The quantitative estimate of drug-likeness (QED) is 0.694. The van der Waals surface area contributed by atoms with Gasteiger partial charge in [-0.05, 0) is 42.1 Å². The second kappa shape index (κ2) is 6.38. The summed E-state index contributed by atoms with van der Waals surface area (Å²) in [6.45, 7) is 6.77. The number of aromatic nitrogens is 1. The lowest BCUT2D eigenvalue weighted by molar-refractivity contribution is 0.0942. The van der Waals surface area contributed by atoms with E-state index < -0.39 is 0 Å². The third-order valence-electron chi connectivity index (χ3n) is 3.53. The second-order valence-electron chi connectivity index (χ2n) is 5.56. The van der Waals surface area contributed by atoms with E-state index in [4.69, 9.17) is 0 Å². The number of allylic oxidation sites excluding steroid dienone is 1. The van der Waals surface area contributed by atoms with Crippen LogP contribution in [0.3, 0.4) is 0 Å². The minimum atomic E-state index is -0.303. The zero-order valence-corrected chi connectivity index (χ0v) is 13.6. The van der Waals surface area contributed by atoms with Crippen LogP contribution in [-0.2, 0) is 13.1 Å². The molecule has 0 aliphatic carbocycles. The largest absolute Gasteiger partial charge is 0.347 e. The van der Waals surface area contributed by atoms with Crippen molar-refractivity contribution < 1.29 is 9.18 Å². The summed E-state index contributed by atoms with van der Waals surface area (Å²) >= 11 is 1.60. The molecule has 0 bridgehead atoms. The molecule has 3 rings (SSSR count). The van der Waals surface area contributed by atoms with Crippen LogP contribution in [0.1, 0.15) is 23.0 Å². The number of carbonyl (C=O) groups is 1. The Labute approximate surface area is 138 Å². The summed E-state index contributed by atoms with van der Waals surface area (Å²) in [6.07, 6.45) is 0. The number of thiophene rings is 1.